The molecule has 12 heteroatoms. The van der Waals surface area contributed by atoms with Crippen molar-refractivity contribution in [3.05, 3.63) is 77.1 Å². The Hall–Kier alpha value is -2.86. The van der Waals surface area contributed by atoms with E-state index in [4.69, 9.17) is 11.6 Å². The van der Waals surface area contributed by atoms with Crippen molar-refractivity contribution in [2.75, 3.05) is 18.1 Å². The van der Waals surface area contributed by atoms with Crippen molar-refractivity contribution in [1.29, 1.82) is 0 Å². The van der Waals surface area contributed by atoms with Crippen LogP contribution in [0, 0.1) is 0 Å². The number of anilines is 1. The first-order chi connectivity index (χ1) is 16.0. The third-order valence-electron chi connectivity index (χ3n) is 4.76. The number of hydrogen-bond acceptors (Lipinski definition) is 7. The van der Waals surface area contributed by atoms with Gasteiger partial charge in [0.05, 0.1) is 21.9 Å². The van der Waals surface area contributed by atoms with Crippen LogP contribution in [0.15, 0.2) is 70.8 Å². The molecule has 0 aliphatic rings. The zero-order chi connectivity index (χ0) is 24.9. The van der Waals surface area contributed by atoms with Gasteiger partial charge in [0.15, 0.2) is 5.69 Å². The summed E-state index contributed by atoms with van der Waals surface area (Å²) in [6.07, 6.45) is 1.43. The van der Waals surface area contributed by atoms with Crippen LogP contribution in [-0.4, -0.2) is 49.8 Å². The van der Waals surface area contributed by atoms with Gasteiger partial charge in [-0.05, 0) is 36.2 Å². The molecule has 34 heavy (non-hydrogen) atoms. The third kappa shape index (κ3) is 5.98. The smallest absolute Gasteiger partial charge is 0.275 e. The minimum Gasteiger partial charge on any atom is -0.321 e. The Balaban J connectivity index is 1.76. The van der Waals surface area contributed by atoms with E-state index in [2.05, 4.69) is 15.3 Å². The van der Waals surface area contributed by atoms with Gasteiger partial charge in [-0.1, -0.05) is 48.9 Å². The number of halogens is 1. The Labute approximate surface area is 203 Å². The maximum Gasteiger partial charge on any atom is 0.275 e. The number of sulfonamides is 1. The SMILES string of the molecule is CCCS(=O)(=O)c1ncc(Cl)c(C(=O)Nc2ccc(S(=O)(=O)N(C)Cc3ccccc3)cc2)n1. The molecule has 0 aliphatic heterocycles. The van der Waals surface area contributed by atoms with Gasteiger partial charge in [0, 0.05) is 19.3 Å². The molecule has 0 bridgehead atoms. The second kappa shape index (κ2) is 10.6. The average Bonchev–Trinajstić information content (AvgIpc) is 2.80. The predicted octanol–water partition coefficient (Wildman–Crippen LogP) is 3.39. The van der Waals surface area contributed by atoms with Crippen molar-refractivity contribution in [2.45, 2.75) is 29.9 Å². The van der Waals surface area contributed by atoms with Crippen molar-refractivity contribution >= 4 is 43.1 Å². The van der Waals surface area contributed by atoms with Crippen molar-refractivity contribution < 1.29 is 21.6 Å². The molecule has 3 aromatic rings. The van der Waals surface area contributed by atoms with E-state index in [0.29, 0.717) is 6.42 Å². The molecule has 1 N–H and O–H groups in total. The topological polar surface area (TPSA) is 126 Å². The lowest BCUT2D eigenvalue weighted by atomic mass is 10.2. The van der Waals surface area contributed by atoms with Crippen LogP contribution in [0.3, 0.4) is 0 Å². The number of sulfone groups is 1. The molecule has 0 fully saturated rings. The number of nitrogens with zero attached hydrogens (tertiary/aromatic N) is 3. The number of benzene rings is 2. The van der Waals surface area contributed by atoms with Gasteiger partial charge in [0.2, 0.25) is 25.0 Å². The van der Waals surface area contributed by atoms with Crippen molar-refractivity contribution in [3.8, 4) is 0 Å². The van der Waals surface area contributed by atoms with E-state index in [1.165, 1.54) is 35.6 Å². The molecule has 3 rings (SSSR count). The van der Waals surface area contributed by atoms with E-state index in [1.54, 1.807) is 6.92 Å². The van der Waals surface area contributed by atoms with Gasteiger partial charge in [-0.2, -0.15) is 4.31 Å². The molecule has 0 radical (unpaired) electrons. The van der Waals surface area contributed by atoms with Gasteiger partial charge in [0.1, 0.15) is 0 Å². The standard InChI is InChI=1S/C22H23ClN4O5S2/c1-3-13-33(29,30)22-24-14-19(23)20(26-22)21(28)25-17-9-11-18(12-10-17)34(31,32)27(2)15-16-7-5-4-6-8-16/h4-12,14H,3,13,15H2,1-2H3,(H,25,28). The van der Waals surface area contributed by atoms with Crippen LogP contribution < -0.4 is 5.32 Å². The lowest BCUT2D eigenvalue weighted by molar-refractivity contribution is 0.102. The van der Waals surface area contributed by atoms with Crippen LogP contribution in [-0.2, 0) is 26.4 Å². The molecule has 2 aromatic carbocycles. The van der Waals surface area contributed by atoms with Crippen LogP contribution in [0.4, 0.5) is 5.69 Å². The van der Waals surface area contributed by atoms with Crippen molar-refractivity contribution in [2.24, 2.45) is 0 Å². The first kappa shape index (κ1) is 25.8. The van der Waals surface area contributed by atoms with E-state index in [9.17, 15) is 21.6 Å². The van der Waals surface area contributed by atoms with Gasteiger partial charge in [-0.3, -0.25) is 4.79 Å². The summed E-state index contributed by atoms with van der Waals surface area (Å²) in [4.78, 5) is 20.3. The molecular weight excluding hydrogens is 500 g/mol. The number of hydrogen-bond donors (Lipinski definition) is 1. The second-order valence-electron chi connectivity index (χ2n) is 7.39. The normalized spacial score (nSPS) is 12.0. The molecule has 0 unspecified atom stereocenters. The third-order valence-corrected chi connectivity index (χ3v) is 8.55. The molecule has 0 spiro atoms. The monoisotopic (exact) mass is 522 g/mol. The molecular formula is C22H23ClN4O5S2. The van der Waals surface area contributed by atoms with Gasteiger partial charge >= 0.3 is 0 Å². The first-order valence-electron chi connectivity index (χ1n) is 10.2. The molecule has 0 atom stereocenters. The van der Waals surface area contributed by atoms with Gasteiger partial charge < -0.3 is 5.32 Å². The Kier molecular flexibility index (Phi) is 8.03. The maximum atomic E-state index is 12.9. The summed E-state index contributed by atoms with van der Waals surface area (Å²) >= 11 is 6.01. The zero-order valence-electron chi connectivity index (χ0n) is 18.5. The molecule has 9 nitrogen and oxygen atoms in total. The highest BCUT2D eigenvalue weighted by Crippen LogP contribution is 2.21. The molecule has 1 amide bonds. The molecule has 0 saturated carbocycles. The van der Waals surface area contributed by atoms with Crippen molar-refractivity contribution in [3.63, 3.8) is 0 Å². The maximum absolute atomic E-state index is 12.9. The lowest BCUT2D eigenvalue weighted by Gasteiger charge is -2.17. The van der Waals surface area contributed by atoms with Crippen LogP contribution in [0.1, 0.15) is 29.4 Å². The summed E-state index contributed by atoms with van der Waals surface area (Å²) in [5.74, 6) is -0.915. The van der Waals surface area contributed by atoms with Gasteiger partial charge in [0.25, 0.3) is 5.91 Å². The Morgan fingerprint density at radius 2 is 1.68 bits per heavy atom. The number of rotatable bonds is 9. The Bertz CT molecular complexity index is 1380. The van der Waals surface area contributed by atoms with E-state index in [0.717, 1.165) is 11.8 Å². The van der Waals surface area contributed by atoms with Crippen LogP contribution in [0.25, 0.3) is 0 Å². The summed E-state index contributed by atoms with van der Waals surface area (Å²) in [5, 5.41) is 1.94. The first-order valence-corrected chi connectivity index (χ1v) is 13.7. The lowest BCUT2D eigenvalue weighted by Crippen LogP contribution is -2.26. The van der Waals surface area contributed by atoms with Gasteiger partial charge in [-0.25, -0.2) is 26.8 Å². The molecule has 0 saturated heterocycles. The minimum absolute atomic E-state index is 0.0527. The summed E-state index contributed by atoms with van der Waals surface area (Å²) < 4.78 is 51.4. The van der Waals surface area contributed by atoms with E-state index in [1.807, 2.05) is 30.3 Å². The van der Waals surface area contributed by atoms with E-state index >= 15 is 0 Å². The molecule has 0 aliphatic carbocycles. The average molecular weight is 523 g/mol. The van der Waals surface area contributed by atoms with Crippen molar-refractivity contribution in [1.82, 2.24) is 14.3 Å². The minimum atomic E-state index is -3.76. The number of aromatic nitrogens is 2. The fraction of sp³-hybridized carbons (Fsp3) is 0.227. The summed E-state index contributed by atoms with van der Waals surface area (Å²) in [6, 6.07) is 14.8. The highest BCUT2D eigenvalue weighted by molar-refractivity contribution is 7.91. The van der Waals surface area contributed by atoms with Crippen LogP contribution in [0.5, 0.6) is 0 Å². The number of carbonyl (C=O) groups excluding carboxylic acids is 1. The zero-order valence-corrected chi connectivity index (χ0v) is 20.9. The number of carbonyl (C=O) groups is 1. The molecule has 1 aromatic heterocycles. The van der Waals surface area contributed by atoms with E-state index < -0.39 is 30.9 Å². The number of amides is 1. The Morgan fingerprint density at radius 3 is 2.29 bits per heavy atom. The fourth-order valence-electron chi connectivity index (χ4n) is 3.03. The van der Waals surface area contributed by atoms with Crippen LogP contribution >= 0.6 is 11.6 Å². The second-order valence-corrected chi connectivity index (χ2v) is 11.8. The highest BCUT2D eigenvalue weighted by atomic mass is 35.5. The summed E-state index contributed by atoms with van der Waals surface area (Å²) in [5.41, 5.74) is 0.826. The largest absolute Gasteiger partial charge is 0.321 e. The van der Waals surface area contributed by atoms with Crippen LogP contribution in [0.2, 0.25) is 5.02 Å². The predicted molar refractivity (Wildman–Crippen MR) is 129 cm³/mol. The highest BCUT2D eigenvalue weighted by Gasteiger charge is 2.23. The summed E-state index contributed by atoms with van der Waals surface area (Å²) in [6.45, 7) is 1.90. The summed E-state index contributed by atoms with van der Waals surface area (Å²) in [7, 11) is -6.01. The van der Waals surface area contributed by atoms with E-state index in [-0.39, 0.29) is 33.6 Å². The fourth-order valence-corrected chi connectivity index (χ4v) is 5.53. The molecule has 180 valence electrons. The van der Waals surface area contributed by atoms with Gasteiger partial charge in [-0.15, -0.1) is 0 Å². The number of nitrogens with one attached hydrogen (secondary N) is 1. The Morgan fingerprint density at radius 1 is 1.03 bits per heavy atom. The molecule has 1 heterocycles. The quantitative estimate of drug-likeness (QED) is 0.427.